The highest BCUT2D eigenvalue weighted by molar-refractivity contribution is 6.22. The summed E-state index contributed by atoms with van der Waals surface area (Å²) in [5.74, 6) is -1.28. The predicted octanol–water partition coefficient (Wildman–Crippen LogP) is 2.35. The quantitative estimate of drug-likeness (QED) is 0.783. The average Bonchev–Trinajstić information content (AvgIpc) is 2.89. The number of hydrogen-bond acceptors (Lipinski definition) is 3. The summed E-state index contributed by atoms with van der Waals surface area (Å²) in [4.78, 5) is 38.1. The van der Waals surface area contributed by atoms with Gasteiger partial charge in [-0.1, -0.05) is 30.7 Å². The minimum atomic E-state index is -0.430. The molecule has 3 atom stereocenters. The van der Waals surface area contributed by atoms with E-state index in [1.165, 1.54) is 4.90 Å². The van der Waals surface area contributed by atoms with Gasteiger partial charge in [0, 0.05) is 12.3 Å². The zero-order chi connectivity index (χ0) is 15.1. The molecule has 1 aliphatic heterocycles. The van der Waals surface area contributed by atoms with Gasteiger partial charge in [0.1, 0.15) is 0 Å². The van der Waals surface area contributed by atoms with Crippen molar-refractivity contribution in [2.45, 2.75) is 20.3 Å². The van der Waals surface area contributed by atoms with Crippen molar-refractivity contribution in [3.63, 3.8) is 0 Å². The first-order valence-electron chi connectivity index (χ1n) is 7.14. The van der Waals surface area contributed by atoms with E-state index in [4.69, 9.17) is 0 Å². The summed E-state index contributed by atoms with van der Waals surface area (Å²) in [7, 11) is 0. The van der Waals surface area contributed by atoms with Gasteiger partial charge in [-0.25, -0.2) is 0 Å². The zero-order valence-electron chi connectivity index (χ0n) is 12.1. The maximum Gasteiger partial charge on any atom is 0.238 e. The first-order chi connectivity index (χ1) is 10.0. The van der Waals surface area contributed by atoms with Crippen LogP contribution in [0.15, 0.2) is 42.0 Å². The molecule has 1 aromatic carbocycles. The second-order valence-corrected chi connectivity index (χ2v) is 5.83. The molecule has 1 unspecified atom stereocenters. The molecule has 0 radical (unpaired) electrons. The second kappa shape index (κ2) is 4.95. The Balaban J connectivity index is 1.95. The maximum absolute atomic E-state index is 12.7. The van der Waals surface area contributed by atoms with Crippen molar-refractivity contribution < 1.29 is 14.4 Å². The Hall–Kier alpha value is -2.23. The SMILES string of the molecule is CC1=CC(=O)C[C@H]1[C@@H]1C(=O)N(c2ccccc2)C(=O)C1C. The standard InChI is InChI=1S/C17H17NO3/c1-10-8-13(19)9-14(10)15-11(2)16(20)18(17(15)21)12-6-4-3-5-7-12/h3-8,11,14-15H,9H2,1-2H3/t11?,14-,15-/m1/s1. The van der Waals surface area contributed by atoms with Crippen molar-refractivity contribution in [2.75, 3.05) is 4.90 Å². The van der Waals surface area contributed by atoms with Crippen LogP contribution in [-0.2, 0) is 14.4 Å². The highest BCUT2D eigenvalue weighted by Crippen LogP contribution is 2.41. The maximum atomic E-state index is 12.7. The minimum Gasteiger partial charge on any atom is -0.295 e. The summed E-state index contributed by atoms with van der Waals surface area (Å²) in [6, 6.07) is 8.97. The third kappa shape index (κ3) is 2.11. The van der Waals surface area contributed by atoms with Gasteiger partial charge in [-0.05, 0) is 31.1 Å². The molecule has 108 valence electrons. The van der Waals surface area contributed by atoms with E-state index < -0.39 is 11.8 Å². The van der Waals surface area contributed by atoms with E-state index in [-0.39, 0.29) is 23.5 Å². The fourth-order valence-electron chi connectivity index (χ4n) is 3.39. The van der Waals surface area contributed by atoms with Crippen LogP contribution in [0, 0.1) is 17.8 Å². The molecule has 2 aliphatic rings. The van der Waals surface area contributed by atoms with Crippen LogP contribution in [0.2, 0.25) is 0 Å². The van der Waals surface area contributed by atoms with Crippen LogP contribution >= 0.6 is 0 Å². The van der Waals surface area contributed by atoms with Gasteiger partial charge in [-0.15, -0.1) is 0 Å². The van der Waals surface area contributed by atoms with Crippen LogP contribution in [0.4, 0.5) is 5.69 Å². The van der Waals surface area contributed by atoms with Gasteiger partial charge in [0.25, 0.3) is 0 Å². The lowest BCUT2D eigenvalue weighted by molar-refractivity contribution is -0.122. The molecule has 1 aromatic rings. The molecule has 0 saturated carbocycles. The number of carbonyl (C=O) groups is 3. The largest absolute Gasteiger partial charge is 0.295 e. The first kappa shape index (κ1) is 13.7. The van der Waals surface area contributed by atoms with Crippen molar-refractivity contribution in [1.82, 2.24) is 0 Å². The number of rotatable bonds is 2. The normalized spacial score (nSPS) is 29.2. The van der Waals surface area contributed by atoms with E-state index in [9.17, 15) is 14.4 Å². The highest BCUT2D eigenvalue weighted by Gasteiger charge is 2.50. The summed E-state index contributed by atoms with van der Waals surface area (Å²) in [6.45, 7) is 3.65. The molecule has 1 saturated heterocycles. The summed E-state index contributed by atoms with van der Waals surface area (Å²) in [5, 5.41) is 0. The van der Waals surface area contributed by atoms with E-state index >= 15 is 0 Å². The van der Waals surface area contributed by atoms with Crippen LogP contribution < -0.4 is 4.90 Å². The van der Waals surface area contributed by atoms with Crippen LogP contribution in [-0.4, -0.2) is 17.6 Å². The van der Waals surface area contributed by atoms with E-state index in [0.717, 1.165) is 5.57 Å². The Morgan fingerprint density at radius 1 is 1.05 bits per heavy atom. The molecule has 0 aromatic heterocycles. The van der Waals surface area contributed by atoms with E-state index in [1.807, 2.05) is 13.0 Å². The first-order valence-corrected chi connectivity index (χ1v) is 7.14. The molecule has 21 heavy (non-hydrogen) atoms. The number of allylic oxidation sites excluding steroid dienone is 2. The van der Waals surface area contributed by atoms with Gasteiger partial charge >= 0.3 is 0 Å². The Morgan fingerprint density at radius 3 is 2.29 bits per heavy atom. The van der Waals surface area contributed by atoms with Crippen molar-refractivity contribution in [2.24, 2.45) is 17.8 Å². The molecular weight excluding hydrogens is 266 g/mol. The topological polar surface area (TPSA) is 54.5 Å². The lowest BCUT2D eigenvalue weighted by atomic mass is 9.80. The number of benzene rings is 1. The van der Waals surface area contributed by atoms with Crippen LogP contribution in [0.1, 0.15) is 20.3 Å². The Morgan fingerprint density at radius 2 is 1.71 bits per heavy atom. The number of anilines is 1. The molecule has 3 rings (SSSR count). The van der Waals surface area contributed by atoms with E-state index in [1.54, 1.807) is 37.3 Å². The van der Waals surface area contributed by atoms with Crippen molar-refractivity contribution in [3.8, 4) is 0 Å². The average molecular weight is 283 g/mol. The van der Waals surface area contributed by atoms with Crippen LogP contribution in [0.25, 0.3) is 0 Å². The van der Waals surface area contributed by atoms with Gasteiger partial charge in [-0.2, -0.15) is 0 Å². The number of amides is 2. The number of nitrogens with zero attached hydrogens (tertiary/aromatic N) is 1. The lowest BCUT2D eigenvalue weighted by Gasteiger charge is -2.20. The van der Waals surface area contributed by atoms with Crippen molar-refractivity contribution in [3.05, 3.63) is 42.0 Å². The summed E-state index contributed by atoms with van der Waals surface area (Å²) in [5.41, 5.74) is 1.51. The third-order valence-corrected chi connectivity index (χ3v) is 4.50. The number of ketones is 1. The molecule has 1 aliphatic carbocycles. The van der Waals surface area contributed by atoms with Gasteiger partial charge in [0.2, 0.25) is 11.8 Å². The number of para-hydroxylation sites is 1. The van der Waals surface area contributed by atoms with Gasteiger partial charge in [-0.3, -0.25) is 19.3 Å². The van der Waals surface area contributed by atoms with Crippen molar-refractivity contribution in [1.29, 1.82) is 0 Å². The number of imide groups is 1. The second-order valence-electron chi connectivity index (χ2n) is 5.83. The molecule has 1 fully saturated rings. The fraction of sp³-hybridized carbons (Fsp3) is 0.353. The van der Waals surface area contributed by atoms with Crippen molar-refractivity contribution >= 4 is 23.3 Å². The summed E-state index contributed by atoms with van der Waals surface area (Å²) in [6.07, 6.45) is 1.93. The predicted molar refractivity (Wildman–Crippen MR) is 78.5 cm³/mol. The molecule has 1 heterocycles. The minimum absolute atomic E-state index is 0.0445. The molecule has 0 N–H and O–H groups in total. The number of carbonyl (C=O) groups excluding carboxylic acids is 3. The molecule has 0 spiro atoms. The third-order valence-electron chi connectivity index (χ3n) is 4.50. The smallest absolute Gasteiger partial charge is 0.238 e. The molecule has 2 amide bonds. The molecule has 4 heteroatoms. The zero-order valence-corrected chi connectivity index (χ0v) is 12.1. The summed E-state index contributed by atoms with van der Waals surface area (Å²) < 4.78 is 0. The molecule has 0 bridgehead atoms. The van der Waals surface area contributed by atoms with E-state index in [0.29, 0.717) is 12.1 Å². The van der Waals surface area contributed by atoms with Gasteiger partial charge in [0.05, 0.1) is 11.6 Å². The lowest BCUT2D eigenvalue weighted by Crippen LogP contribution is -2.32. The molecule has 4 nitrogen and oxygen atoms in total. The van der Waals surface area contributed by atoms with Gasteiger partial charge in [0.15, 0.2) is 5.78 Å². The molecular formula is C17H17NO3. The monoisotopic (exact) mass is 283 g/mol. The summed E-state index contributed by atoms with van der Waals surface area (Å²) >= 11 is 0. The van der Waals surface area contributed by atoms with Crippen LogP contribution in [0.5, 0.6) is 0 Å². The number of hydrogen-bond donors (Lipinski definition) is 0. The highest BCUT2D eigenvalue weighted by atomic mass is 16.2. The fourth-order valence-corrected chi connectivity index (χ4v) is 3.39. The van der Waals surface area contributed by atoms with Gasteiger partial charge < -0.3 is 0 Å². The van der Waals surface area contributed by atoms with E-state index in [2.05, 4.69) is 0 Å². The Kier molecular flexibility index (Phi) is 3.24. The Bertz CT molecular complexity index is 647. The van der Waals surface area contributed by atoms with Crippen LogP contribution in [0.3, 0.4) is 0 Å². The Labute approximate surface area is 123 Å².